The number of alkyl halides is 2. The van der Waals surface area contributed by atoms with Crippen molar-refractivity contribution in [2.45, 2.75) is 13.0 Å². The van der Waals surface area contributed by atoms with E-state index in [1.807, 2.05) is 30.3 Å². The molecule has 0 atom stereocenters. The number of ether oxygens (including phenoxy) is 1. The highest BCUT2D eigenvalue weighted by Gasteiger charge is 2.17. The molecule has 0 saturated heterocycles. The van der Waals surface area contributed by atoms with Crippen LogP contribution in [0.15, 0.2) is 85.1 Å². The Labute approximate surface area is 192 Å². The molecule has 4 aromatic rings. The summed E-state index contributed by atoms with van der Waals surface area (Å²) in [6.45, 7) is -2.97. The fourth-order valence-corrected chi connectivity index (χ4v) is 3.36. The van der Waals surface area contributed by atoms with Crippen LogP contribution in [0.25, 0.3) is 16.9 Å². The average molecular weight is 464 g/mol. The molecule has 0 bridgehead atoms. The van der Waals surface area contributed by atoms with E-state index in [0.717, 1.165) is 5.69 Å². The maximum Gasteiger partial charge on any atom is 0.387 e. The standard InChI is InChI=1S/C24H18F2N4O4/c25-24(26)34-21-8-4-5-18(14-21)27-22(31)13-17-15-29(19-6-2-1-3-7-19)28-23(17)16-9-11-20(12-10-16)30(32)33/h1-12,14-15,24H,13H2,(H,27,31). The lowest BCUT2D eigenvalue weighted by Crippen LogP contribution is -2.14. The van der Waals surface area contributed by atoms with Crippen molar-refractivity contribution in [1.82, 2.24) is 9.78 Å². The molecule has 0 aliphatic carbocycles. The lowest BCUT2D eigenvalue weighted by molar-refractivity contribution is -0.384. The summed E-state index contributed by atoms with van der Waals surface area (Å²) < 4.78 is 30.9. The largest absolute Gasteiger partial charge is 0.435 e. The van der Waals surface area contributed by atoms with Crippen molar-refractivity contribution < 1.29 is 23.2 Å². The van der Waals surface area contributed by atoms with Crippen LogP contribution in [0.5, 0.6) is 5.75 Å². The predicted molar refractivity (Wildman–Crippen MR) is 121 cm³/mol. The fourth-order valence-electron chi connectivity index (χ4n) is 3.36. The Bertz CT molecular complexity index is 1310. The minimum absolute atomic E-state index is 0.0589. The van der Waals surface area contributed by atoms with Crippen molar-refractivity contribution in [1.29, 1.82) is 0 Å². The van der Waals surface area contributed by atoms with Crippen LogP contribution in [-0.2, 0) is 11.2 Å². The van der Waals surface area contributed by atoms with Crippen LogP contribution in [0.4, 0.5) is 20.2 Å². The Balaban J connectivity index is 1.61. The summed E-state index contributed by atoms with van der Waals surface area (Å²) in [5.74, 6) is -0.471. The van der Waals surface area contributed by atoms with Gasteiger partial charge in [-0.1, -0.05) is 24.3 Å². The SMILES string of the molecule is O=C(Cc1cn(-c2ccccc2)nc1-c1ccc([N+](=O)[O-])cc1)Nc1cccc(OC(F)F)c1. The molecule has 1 N–H and O–H groups in total. The second kappa shape index (κ2) is 9.90. The average Bonchev–Trinajstić information content (AvgIpc) is 3.23. The third kappa shape index (κ3) is 5.41. The molecule has 0 fully saturated rings. The number of nitrogens with zero attached hydrogens (tertiary/aromatic N) is 3. The van der Waals surface area contributed by atoms with Gasteiger partial charge in [-0.05, 0) is 36.4 Å². The third-order valence-corrected chi connectivity index (χ3v) is 4.86. The van der Waals surface area contributed by atoms with E-state index in [9.17, 15) is 23.7 Å². The number of non-ortho nitro benzene ring substituents is 1. The van der Waals surface area contributed by atoms with E-state index in [-0.39, 0.29) is 17.9 Å². The topological polar surface area (TPSA) is 99.3 Å². The lowest BCUT2D eigenvalue weighted by atomic mass is 10.1. The lowest BCUT2D eigenvalue weighted by Gasteiger charge is -2.08. The van der Waals surface area contributed by atoms with Crippen LogP contribution in [0.1, 0.15) is 5.56 Å². The van der Waals surface area contributed by atoms with Gasteiger partial charge in [0.2, 0.25) is 5.91 Å². The van der Waals surface area contributed by atoms with Gasteiger partial charge in [-0.3, -0.25) is 14.9 Å². The van der Waals surface area contributed by atoms with Crippen LogP contribution in [0.3, 0.4) is 0 Å². The van der Waals surface area contributed by atoms with E-state index in [0.29, 0.717) is 22.5 Å². The summed E-state index contributed by atoms with van der Waals surface area (Å²) in [6.07, 6.45) is 1.64. The first-order valence-electron chi connectivity index (χ1n) is 10.1. The Kier molecular flexibility index (Phi) is 6.58. The smallest absolute Gasteiger partial charge is 0.387 e. The molecule has 172 valence electrons. The monoisotopic (exact) mass is 464 g/mol. The predicted octanol–water partition coefficient (Wildman–Crippen LogP) is 5.23. The maximum atomic E-state index is 12.8. The molecule has 1 heterocycles. The molecule has 8 nitrogen and oxygen atoms in total. The van der Waals surface area contributed by atoms with E-state index in [4.69, 9.17) is 0 Å². The van der Waals surface area contributed by atoms with Crippen LogP contribution in [0.2, 0.25) is 0 Å². The zero-order valence-corrected chi connectivity index (χ0v) is 17.6. The van der Waals surface area contributed by atoms with E-state index in [2.05, 4.69) is 15.2 Å². The number of nitro groups is 1. The number of para-hydroxylation sites is 1. The molecule has 0 unspecified atom stereocenters. The van der Waals surface area contributed by atoms with Crippen LogP contribution < -0.4 is 10.1 Å². The Morgan fingerprint density at radius 1 is 1.06 bits per heavy atom. The van der Waals surface area contributed by atoms with Gasteiger partial charge >= 0.3 is 6.61 Å². The number of anilines is 1. The second-order valence-corrected chi connectivity index (χ2v) is 7.22. The molecule has 3 aromatic carbocycles. The van der Waals surface area contributed by atoms with Gasteiger partial charge < -0.3 is 10.1 Å². The molecule has 10 heteroatoms. The zero-order chi connectivity index (χ0) is 24.1. The Hall–Kier alpha value is -4.60. The van der Waals surface area contributed by atoms with Gasteiger partial charge in [0.25, 0.3) is 5.69 Å². The van der Waals surface area contributed by atoms with Gasteiger partial charge in [0.15, 0.2) is 0 Å². The Morgan fingerprint density at radius 2 is 1.79 bits per heavy atom. The summed E-state index contributed by atoms with van der Waals surface area (Å²) in [7, 11) is 0. The molecule has 0 saturated carbocycles. The maximum absolute atomic E-state index is 12.8. The van der Waals surface area contributed by atoms with Crippen molar-refractivity contribution in [2.75, 3.05) is 5.32 Å². The minimum atomic E-state index is -2.97. The quantitative estimate of drug-likeness (QED) is 0.284. The molecule has 1 aromatic heterocycles. The summed E-state index contributed by atoms with van der Waals surface area (Å²) in [5, 5.41) is 18.3. The van der Waals surface area contributed by atoms with Crippen LogP contribution in [-0.4, -0.2) is 27.2 Å². The van der Waals surface area contributed by atoms with Gasteiger partial charge in [0.05, 0.1) is 22.7 Å². The molecule has 4 rings (SSSR count). The number of aromatic nitrogens is 2. The number of halogens is 2. The summed E-state index contributed by atoms with van der Waals surface area (Å²) in [6, 6.07) is 20.9. The highest BCUT2D eigenvalue weighted by Crippen LogP contribution is 2.27. The first kappa shape index (κ1) is 22.6. The first-order valence-corrected chi connectivity index (χ1v) is 10.1. The van der Waals surface area contributed by atoms with Gasteiger partial charge in [0.1, 0.15) is 5.75 Å². The number of hydrogen-bond donors (Lipinski definition) is 1. The van der Waals surface area contributed by atoms with E-state index in [1.165, 1.54) is 30.3 Å². The van der Waals surface area contributed by atoms with Crippen LogP contribution in [0, 0.1) is 10.1 Å². The van der Waals surface area contributed by atoms with Gasteiger partial charge in [0, 0.05) is 41.2 Å². The minimum Gasteiger partial charge on any atom is -0.435 e. The first-order chi connectivity index (χ1) is 16.4. The van der Waals surface area contributed by atoms with Gasteiger partial charge in [-0.25, -0.2) is 4.68 Å². The molecular weight excluding hydrogens is 446 g/mol. The molecule has 0 spiro atoms. The number of nitrogens with one attached hydrogen (secondary N) is 1. The molecule has 0 aliphatic rings. The molecule has 0 radical (unpaired) electrons. The Morgan fingerprint density at radius 3 is 2.47 bits per heavy atom. The highest BCUT2D eigenvalue weighted by atomic mass is 19.3. The van der Waals surface area contributed by atoms with E-state index in [1.54, 1.807) is 29.1 Å². The fraction of sp³-hybridized carbons (Fsp3) is 0.0833. The summed E-state index contributed by atoms with van der Waals surface area (Å²) in [4.78, 5) is 23.3. The van der Waals surface area contributed by atoms with Gasteiger partial charge in [-0.2, -0.15) is 13.9 Å². The molecule has 34 heavy (non-hydrogen) atoms. The van der Waals surface area contributed by atoms with E-state index >= 15 is 0 Å². The number of rotatable bonds is 8. The number of carbonyl (C=O) groups is 1. The summed E-state index contributed by atoms with van der Waals surface area (Å²) >= 11 is 0. The van der Waals surface area contributed by atoms with Gasteiger partial charge in [-0.15, -0.1) is 0 Å². The third-order valence-electron chi connectivity index (χ3n) is 4.86. The zero-order valence-electron chi connectivity index (χ0n) is 17.6. The number of nitro benzene ring substituents is 1. The van der Waals surface area contributed by atoms with Crippen molar-refractivity contribution >= 4 is 17.3 Å². The number of carbonyl (C=O) groups excluding carboxylic acids is 1. The highest BCUT2D eigenvalue weighted by molar-refractivity contribution is 5.93. The normalized spacial score (nSPS) is 10.8. The second-order valence-electron chi connectivity index (χ2n) is 7.22. The van der Waals surface area contributed by atoms with Crippen molar-refractivity contribution in [3.05, 3.63) is 101 Å². The molecule has 1 amide bonds. The van der Waals surface area contributed by atoms with Crippen molar-refractivity contribution in [3.63, 3.8) is 0 Å². The van der Waals surface area contributed by atoms with E-state index < -0.39 is 17.4 Å². The summed E-state index contributed by atoms with van der Waals surface area (Å²) in [5.41, 5.74) is 2.69. The number of amides is 1. The molecule has 0 aliphatic heterocycles. The van der Waals surface area contributed by atoms with Crippen LogP contribution >= 0.6 is 0 Å². The van der Waals surface area contributed by atoms with Crippen molar-refractivity contribution in [2.24, 2.45) is 0 Å². The number of hydrogen-bond acceptors (Lipinski definition) is 5. The van der Waals surface area contributed by atoms with Crippen molar-refractivity contribution in [3.8, 4) is 22.7 Å². The number of benzene rings is 3. The molecular formula is C24H18F2N4O4.